The van der Waals surface area contributed by atoms with Gasteiger partial charge in [-0.2, -0.15) is 5.26 Å². The number of primary amides is 1. The van der Waals surface area contributed by atoms with Crippen molar-refractivity contribution in [2.75, 3.05) is 18.0 Å². The van der Waals surface area contributed by atoms with Crippen LogP contribution in [0.4, 0.5) is 5.69 Å². The summed E-state index contributed by atoms with van der Waals surface area (Å²) in [5.41, 5.74) is 6.71. The number of nitriles is 1. The quantitative estimate of drug-likeness (QED) is 0.886. The van der Waals surface area contributed by atoms with Crippen molar-refractivity contribution >= 4 is 23.2 Å². The van der Waals surface area contributed by atoms with Crippen molar-refractivity contribution in [1.29, 1.82) is 5.26 Å². The van der Waals surface area contributed by atoms with E-state index in [4.69, 9.17) is 22.6 Å². The Morgan fingerprint density at radius 1 is 1.56 bits per heavy atom. The molecule has 1 aliphatic heterocycles. The van der Waals surface area contributed by atoms with Crippen LogP contribution in [0.5, 0.6) is 0 Å². The molecule has 1 aromatic carbocycles. The van der Waals surface area contributed by atoms with Gasteiger partial charge in [-0.25, -0.2) is 0 Å². The van der Waals surface area contributed by atoms with Crippen LogP contribution < -0.4 is 10.6 Å². The Labute approximate surface area is 111 Å². The molecule has 0 saturated carbocycles. The number of anilines is 1. The van der Waals surface area contributed by atoms with E-state index in [2.05, 4.69) is 6.07 Å². The molecule has 1 aromatic rings. The molecule has 0 spiro atoms. The number of hydrogen-bond acceptors (Lipinski definition) is 3. The number of carbonyl (C=O) groups excluding carboxylic acids is 1. The summed E-state index contributed by atoms with van der Waals surface area (Å²) >= 11 is 5.87. The van der Waals surface area contributed by atoms with Crippen LogP contribution in [0.3, 0.4) is 0 Å². The van der Waals surface area contributed by atoms with E-state index in [0.29, 0.717) is 17.1 Å². The molecular weight excluding hydrogens is 250 g/mol. The predicted molar refractivity (Wildman–Crippen MR) is 70.3 cm³/mol. The molecular formula is C13H14ClN3O. The molecule has 4 nitrogen and oxygen atoms in total. The zero-order chi connectivity index (χ0) is 13.1. The Morgan fingerprint density at radius 3 is 3.00 bits per heavy atom. The molecule has 1 amide bonds. The Morgan fingerprint density at radius 2 is 2.33 bits per heavy atom. The van der Waals surface area contributed by atoms with E-state index < -0.39 is 0 Å². The summed E-state index contributed by atoms with van der Waals surface area (Å²) in [7, 11) is 0. The van der Waals surface area contributed by atoms with Crippen molar-refractivity contribution in [2.45, 2.75) is 12.8 Å². The number of nitrogens with zero attached hydrogens (tertiary/aromatic N) is 2. The lowest BCUT2D eigenvalue weighted by molar-refractivity contribution is -0.122. The SMILES string of the molecule is N#Cc1cc(Cl)ccc1N1CCCC(C(N)=O)C1. The summed E-state index contributed by atoms with van der Waals surface area (Å²) in [6.45, 7) is 1.41. The second-order valence-corrected chi connectivity index (χ2v) is 4.90. The van der Waals surface area contributed by atoms with Gasteiger partial charge in [0, 0.05) is 18.1 Å². The summed E-state index contributed by atoms with van der Waals surface area (Å²) < 4.78 is 0. The van der Waals surface area contributed by atoms with Crippen LogP contribution in [0.15, 0.2) is 18.2 Å². The van der Waals surface area contributed by atoms with Crippen molar-refractivity contribution in [3.63, 3.8) is 0 Å². The fourth-order valence-corrected chi connectivity index (χ4v) is 2.47. The normalized spacial score (nSPS) is 19.3. The summed E-state index contributed by atoms with van der Waals surface area (Å²) in [4.78, 5) is 13.3. The second kappa shape index (κ2) is 5.28. The highest BCUT2D eigenvalue weighted by atomic mass is 35.5. The van der Waals surface area contributed by atoms with Gasteiger partial charge in [-0.3, -0.25) is 4.79 Å². The van der Waals surface area contributed by atoms with Gasteiger partial charge in [0.05, 0.1) is 17.2 Å². The summed E-state index contributed by atoms with van der Waals surface area (Å²) in [5, 5.41) is 9.66. The molecule has 0 aliphatic carbocycles. The lowest BCUT2D eigenvalue weighted by atomic mass is 9.96. The number of hydrogen-bond donors (Lipinski definition) is 1. The topological polar surface area (TPSA) is 70.1 Å². The minimum absolute atomic E-state index is 0.138. The van der Waals surface area contributed by atoms with Crippen LogP contribution in [-0.2, 0) is 4.79 Å². The Balaban J connectivity index is 2.26. The van der Waals surface area contributed by atoms with E-state index in [1.54, 1.807) is 12.1 Å². The fraction of sp³-hybridized carbons (Fsp3) is 0.385. The van der Waals surface area contributed by atoms with Crippen LogP contribution in [0, 0.1) is 17.2 Å². The van der Waals surface area contributed by atoms with Crippen molar-refractivity contribution in [2.24, 2.45) is 11.7 Å². The molecule has 0 radical (unpaired) electrons. The molecule has 1 aliphatic rings. The van der Waals surface area contributed by atoms with Gasteiger partial charge >= 0.3 is 0 Å². The third kappa shape index (κ3) is 2.57. The van der Waals surface area contributed by atoms with E-state index in [1.807, 2.05) is 11.0 Å². The highest BCUT2D eigenvalue weighted by molar-refractivity contribution is 6.30. The minimum atomic E-state index is -0.271. The zero-order valence-electron chi connectivity index (χ0n) is 9.90. The van der Waals surface area contributed by atoms with E-state index in [0.717, 1.165) is 25.1 Å². The molecule has 1 fully saturated rings. The number of piperidine rings is 1. The Bertz CT molecular complexity index is 509. The summed E-state index contributed by atoms with van der Waals surface area (Å²) in [6.07, 6.45) is 1.72. The standard InChI is InChI=1S/C13H14ClN3O/c14-11-3-4-12(10(6-11)7-15)17-5-1-2-9(8-17)13(16)18/h3-4,6,9H,1-2,5,8H2,(H2,16,18). The highest BCUT2D eigenvalue weighted by Crippen LogP contribution is 2.28. The van der Waals surface area contributed by atoms with E-state index in [1.165, 1.54) is 0 Å². The lowest BCUT2D eigenvalue weighted by Gasteiger charge is -2.33. The number of nitrogens with two attached hydrogens (primary N) is 1. The van der Waals surface area contributed by atoms with Gasteiger partial charge in [-0.1, -0.05) is 11.6 Å². The first-order chi connectivity index (χ1) is 8.61. The first-order valence-electron chi connectivity index (χ1n) is 5.85. The largest absolute Gasteiger partial charge is 0.370 e. The number of amides is 1. The molecule has 1 unspecified atom stereocenters. The van der Waals surface area contributed by atoms with Crippen molar-refractivity contribution in [3.05, 3.63) is 28.8 Å². The van der Waals surface area contributed by atoms with Crippen LogP contribution in [0.25, 0.3) is 0 Å². The average molecular weight is 264 g/mol. The lowest BCUT2D eigenvalue weighted by Crippen LogP contribution is -2.41. The van der Waals surface area contributed by atoms with Crippen LogP contribution in [0.1, 0.15) is 18.4 Å². The molecule has 1 saturated heterocycles. The van der Waals surface area contributed by atoms with E-state index in [-0.39, 0.29) is 11.8 Å². The predicted octanol–water partition coefficient (Wildman–Crippen LogP) is 1.91. The Kier molecular flexibility index (Phi) is 3.73. The second-order valence-electron chi connectivity index (χ2n) is 4.46. The molecule has 1 atom stereocenters. The number of benzene rings is 1. The van der Waals surface area contributed by atoms with Gasteiger partial charge in [0.1, 0.15) is 6.07 Å². The first kappa shape index (κ1) is 12.7. The number of rotatable bonds is 2. The number of halogens is 1. The van der Waals surface area contributed by atoms with Gasteiger partial charge < -0.3 is 10.6 Å². The maximum atomic E-state index is 11.2. The smallest absolute Gasteiger partial charge is 0.222 e. The maximum absolute atomic E-state index is 11.2. The maximum Gasteiger partial charge on any atom is 0.222 e. The highest BCUT2D eigenvalue weighted by Gasteiger charge is 2.25. The monoisotopic (exact) mass is 263 g/mol. The van der Waals surface area contributed by atoms with Crippen LogP contribution >= 0.6 is 11.6 Å². The van der Waals surface area contributed by atoms with Gasteiger partial charge in [-0.05, 0) is 31.0 Å². The third-order valence-electron chi connectivity index (χ3n) is 3.24. The number of carbonyl (C=O) groups is 1. The van der Waals surface area contributed by atoms with Gasteiger partial charge in [0.2, 0.25) is 5.91 Å². The molecule has 5 heteroatoms. The molecule has 2 N–H and O–H groups in total. The summed E-state index contributed by atoms with van der Waals surface area (Å²) in [5.74, 6) is -0.409. The van der Waals surface area contributed by atoms with Crippen LogP contribution in [0.2, 0.25) is 5.02 Å². The van der Waals surface area contributed by atoms with Gasteiger partial charge in [-0.15, -0.1) is 0 Å². The van der Waals surface area contributed by atoms with Crippen molar-refractivity contribution in [3.8, 4) is 6.07 Å². The third-order valence-corrected chi connectivity index (χ3v) is 3.48. The first-order valence-corrected chi connectivity index (χ1v) is 6.23. The van der Waals surface area contributed by atoms with Gasteiger partial charge in [0.25, 0.3) is 0 Å². The summed E-state index contributed by atoms with van der Waals surface area (Å²) in [6, 6.07) is 7.36. The molecule has 0 aromatic heterocycles. The fourth-order valence-electron chi connectivity index (χ4n) is 2.30. The van der Waals surface area contributed by atoms with Gasteiger partial charge in [0.15, 0.2) is 0 Å². The molecule has 18 heavy (non-hydrogen) atoms. The molecule has 1 heterocycles. The molecule has 94 valence electrons. The van der Waals surface area contributed by atoms with E-state index in [9.17, 15) is 4.79 Å². The Hall–Kier alpha value is -1.73. The zero-order valence-corrected chi connectivity index (χ0v) is 10.7. The average Bonchev–Trinajstić information content (AvgIpc) is 2.38. The minimum Gasteiger partial charge on any atom is -0.370 e. The van der Waals surface area contributed by atoms with Crippen molar-refractivity contribution < 1.29 is 4.79 Å². The van der Waals surface area contributed by atoms with E-state index >= 15 is 0 Å². The van der Waals surface area contributed by atoms with Crippen molar-refractivity contribution in [1.82, 2.24) is 0 Å². The van der Waals surface area contributed by atoms with Crippen LogP contribution in [-0.4, -0.2) is 19.0 Å². The molecule has 2 rings (SSSR count). The molecule has 0 bridgehead atoms.